The molecule has 0 amide bonds. The number of fused-ring (bicyclic) bond motifs is 3. The first-order chi connectivity index (χ1) is 22.4. The number of hydrogen-bond donors (Lipinski definition) is 1. The van der Waals surface area contributed by atoms with Crippen LogP contribution >= 0.6 is 0 Å². The maximum atomic E-state index is 15.7. The summed E-state index contributed by atoms with van der Waals surface area (Å²) in [4.78, 5) is 0. The second-order valence-corrected chi connectivity index (χ2v) is 11.0. The standard InChI is InChI=1S/C37H25BF5NO2/c39-31-30(32(40)34(42)35(43)33(31)41)38-45-29-21-20-23-12-10-11-19-27(23)28(29)22-44-36(24-13-4-1-5-14-24)37(46-38,25-15-6-2-7-16-25)26-17-8-3-9-18-26/h1-21,36,44H,22H2/t36-/m1/s1. The summed E-state index contributed by atoms with van der Waals surface area (Å²) in [5.74, 6) is -10.4. The first-order valence-corrected chi connectivity index (χ1v) is 14.7. The zero-order valence-electron chi connectivity index (χ0n) is 24.2. The summed E-state index contributed by atoms with van der Waals surface area (Å²) in [5.41, 5.74) is -0.400. The van der Waals surface area contributed by atoms with Crippen LogP contribution in [0.2, 0.25) is 0 Å². The van der Waals surface area contributed by atoms with Crippen LogP contribution in [0.15, 0.2) is 127 Å². The van der Waals surface area contributed by atoms with Gasteiger partial charge in [-0.25, -0.2) is 22.0 Å². The summed E-state index contributed by atoms with van der Waals surface area (Å²) in [7, 11) is -2.10. The molecule has 1 aliphatic heterocycles. The van der Waals surface area contributed by atoms with Gasteiger partial charge in [-0.05, 0) is 33.5 Å². The van der Waals surface area contributed by atoms with E-state index in [0.29, 0.717) is 16.7 Å². The average Bonchev–Trinajstić information content (AvgIpc) is 3.18. The molecule has 1 heterocycles. The van der Waals surface area contributed by atoms with E-state index in [0.717, 1.165) is 16.3 Å². The SMILES string of the molecule is Fc1c(F)c(F)c(B2Oc3ccc4ccccc4c3CN[C@H](c3ccccc3)C(c3ccccc3)(c3ccccc3)O2)c(F)c1F. The molecule has 0 unspecified atom stereocenters. The first kappa shape index (κ1) is 29.7. The largest absolute Gasteiger partial charge is 0.570 e. The van der Waals surface area contributed by atoms with Gasteiger partial charge in [0, 0.05) is 12.1 Å². The van der Waals surface area contributed by atoms with Crippen molar-refractivity contribution in [3.05, 3.63) is 179 Å². The highest BCUT2D eigenvalue weighted by molar-refractivity contribution is 6.62. The number of hydrogen-bond acceptors (Lipinski definition) is 3. The van der Waals surface area contributed by atoms with Crippen LogP contribution in [0.4, 0.5) is 22.0 Å². The summed E-state index contributed by atoms with van der Waals surface area (Å²) in [6.45, 7) is 0.199. The van der Waals surface area contributed by atoms with Crippen LogP contribution in [0.3, 0.4) is 0 Å². The molecule has 1 atom stereocenters. The van der Waals surface area contributed by atoms with Gasteiger partial charge in [-0.2, -0.15) is 0 Å². The molecule has 0 saturated carbocycles. The molecule has 6 aromatic rings. The molecule has 0 aromatic heterocycles. The minimum absolute atomic E-state index is 0.156. The van der Waals surface area contributed by atoms with Crippen molar-refractivity contribution in [1.82, 2.24) is 5.32 Å². The molecular formula is C37H25BF5NO2. The van der Waals surface area contributed by atoms with Gasteiger partial charge >= 0.3 is 7.12 Å². The Hall–Kier alpha value is -4.99. The van der Waals surface area contributed by atoms with Gasteiger partial charge in [0.05, 0.1) is 11.5 Å². The quantitative estimate of drug-likeness (QED) is 0.0934. The monoisotopic (exact) mass is 621 g/mol. The molecule has 0 spiro atoms. The highest BCUT2D eigenvalue weighted by atomic mass is 19.2. The molecule has 1 aliphatic rings. The summed E-state index contributed by atoms with van der Waals surface area (Å²) in [5, 5.41) is 5.30. The third kappa shape index (κ3) is 4.92. The molecule has 7 rings (SSSR count). The van der Waals surface area contributed by atoms with Gasteiger partial charge < -0.3 is 14.6 Å². The molecule has 46 heavy (non-hydrogen) atoms. The van der Waals surface area contributed by atoms with Crippen molar-refractivity contribution < 1.29 is 31.3 Å². The Labute approximate surface area is 262 Å². The third-order valence-corrected chi connectivity index (χ3v) is 8.43. The molecular weight excluding hydrogens is 596 g/mol. The maximum Gasteiger partial charge on any atom is 0.570 e. The molecule has 0 radical (unpaired) electrons. The Balaban J connectivity index is 1.59. The van der Waals surface area contributed by atoms with Crippen LogP contribution in [0.1, 0.15) is 28.3 Å². The van der Waals surface area contributed by atoms with Gasteiger partial charge in [-0.1, -0.05) is 121 Å². The predicted molar refractivity (Wildman–Crippen MR) is 167 cm³/mol. The van der Waals surface area contributed by atoms with Crippen LogP contribution in [0, 0.1) is 29.1 Å². The van der Waals surface area contributed by atoms with Crippen molar-refractivity contribution in [2.24, 2.45) is 0 Å². The zero-order chi connectivity index (χ0) is 31.8. The fraction of sp³-hybridized carbons (Fsp3) is 0.0811. The van der Waals surface area contributed by atoms with Gasteiger partial charge in [-0.15, -0.1) is 0 Å². The molecule has 228 valence electrons. The van der Waals surface area contributed by atoms with Crippen LogP contribution in [-0.4, -0.2) is 7.12 Å². The van der Waals surface area contributed by atoms with Crippen molar-refractivity contribution in [2.75, 3.05) is 0 Å². The Morgan fingerprint density at radius 2 is 1.11 bits per heavy atom. The Kier molecular flexibility index (Phi) is 7.80. The lowest BCUT2D eigenvalue weighted by Gasteiger charge is -2.43. The van der Waals surface area contributed by atoms with Gasteiger partial charge in [0.1, 0.15) is 11.4 Å². The fourth-order valence-electron chi connectivity index (χ4n) is 6.29. The highest BCUT2D eigenvalue weighted by Gasteiger charge is 2.51. The highest BCUT2D eigenvalue weighted by Crippen LogP contribution is 2.47. The van der Waals surface area contributed by atoms with Gasteiger partial charge in [0.15, 0.2) is 29.1 Å². The average molecular weight is 621 g/mol. The van der Waals surface area contributed by atoms with E-state index in [1.54, 1.807) is 60.7 Å². The van der Waals surface area contributed by atoms with E-state index in [2.05, 4.69) is 5.32 Å². The van der Waals surface area contributed by atoms with Crippen molar-refractivity contribution in [3.63, 3.8) is 0 Å². The fourth-order valence-corrected chi connectivity index (χ4v) is 6.29. The summed E-state index contributed by atoms with van der Waals surface area (Å²) in [6.07, 6.45) is 0. The van der Waals surface area contributed by atoms with Crippen molar-refractivity contribution in [3.8, 4) is 5.75 Å². The van der Waals surface area contributed by atoms with Crippen LogP contribution in [-0.2, 0) is 16.8 Å². The number of halogens is 5. The summed E-state index contributed by atoms with van der Waals surface area (Å²) < 4.78 is 88.6. The van der Waals surface area contributed by atoms with E-state index in [1.807, 2.05) is 66.7 Å². The molecule has 0 saturated heterocycles. The second-order valence-electron chi connectivity index (χ2n) is 11.0. The van der Waals surface area contributed by atoms with E-state index >= 15 is 8.78 Å². The zero-order valence-corrected chi connectivity index (χ0v) is 24.2. The van der Waals surface area contributed by atoms with Gasteiger partial charge in [0.2, 0.25) is 0 Å². The van der Waals surface area contributed by atoms with E-state index in [-0.39, 0.29) is 12.3 Å². The molecule has 6 aromatic carbocycles. The lowest BCUT2D eigenvalue weighted by Crippen LogP contribution is -2.54. The van der Waals surface area contributed by atoms with Gasteiger partial charge in [0.25, 0.3) is 0 Å². The summed E-state index contributed by atoms with van der Waals surface area (Å²) in [6, 6.07) is 37.4. The number of rotatable bonds is 4. The van der Waals surface area contributed by atoms with Crippen LogP contribution in [0.25, 0.3) is 10.8 Å². The Bertz CT molecular complexity index is 1960. The predicted octanol–water partition coefficient (Wildman–Crippen LogP) is 8.11. The minimum atomic E-state index is -2.27. The number of nitrogens with one attached hydrogen (secondary N) is 1. The molecule has 1 N–H and O–H groups in total. The second kappa shape index (κ2) is 12.1. The van der Waals surface area contributed by atoms with Crippen LogP contribution < -0.4 is 15.4 Å². The molecule has 3 nitrogen and oxygen atoms in total. The number of benzene rings is 6. The third-order valence-electron chi connectivity index (χ3n) is 8.43. The first-order valence-electron chi connectivity index (χ1n) is 14.7. The molecule has 0 fully saturated rings. The van der Waals surface area contributed by atoms with E-state index in [9.17, 15) is 13.2 Å². The molecule has 0 bridgehead atoms. The van der Waals surface area contributed by atoms with Crippen molar-refractivity contribution in [1.29, 1.82) is 0 Å². The molecule has 0 aliphatic carbocycles. The molecule has 9 heteroatoms. The smallest absolute Gasteiger partial charge is 0.532 e. The van der Waals surface area contributed by atoms with Crippen molar-refractivity contribution >= 4 is 23.4 Å². The Morgan fingerprint density at radius 3 is 1.72 bits per heavy atom. The van der Waals surface area contributed by atoms with E-state index in [1.165, 1.54) is 0 Å². The van der Waals surface area contributed by atoms with E-state index < -0.39 is 53.3 Å². The lowest BCUT2D eigenvalue weighted by molar-refractivity contribution is 0.0491. The summed E-state index contributed by atoms with van der Waals surface area (Å²) >= 11 is 0. The lowest BCUT2D eigenvalue weighted by atomic mass is 9.71. The Morgan fingerprint density at radius 1 is 0.587 bits per heavy atom. The topological polar surface area (TPSA) is 30.5 Å². The van der Waals surface area contributed by atoms with Gasteiger partial charge in [-0.3, -0.25) is 0 Å². The minimum Gasteiger partial charge on any atom is -0.532 e. The van der Waals surface area contributed by atoms with Crippen molar-refractivity contribution in [2.45, 2.75) is 18.2 Å². The van der Waals surface area contributed by atoms with Crippen LogP contribution in [0.5, 0.6) is 5.75 Å². The van der Waals surface area contributed by atoms with E-state index in [4.69, 9.17) is 9.31 Å². The normalized spacial score (nSPS) is 16.2. The maximum absolute atomic E-state index is 15.7.